The van der Waals surface area contributed by atoms with Gasteiger partial charge in [0.05, 0.1) is 12.7 Å². The maximum atomic E-state index is 11.9. The molecule has 0 saturated carbocycles. The molecule has 3 heterocycles. The molecule has 2 N–H and O–H groups in total. The first kappa shape index (κ1) is 17.4. The number of nitrogens with zero attached hydrogens (tertiary/aromatic N) is 4. The topological polar surface area (TPSA) is 110 Å². The number of carboxylic acid groups (broad SMARTS) is 1. The van der Waals surface area contributed by atoms with E-state index in [0.717, 1.165) is 26.1 Å². The molecule has 2 aliphatic rings. The highest BCUT2D eigenvalue weighted by Crippen LogP contribution is 2.23. The van der Waals surface area contributed by atoms with Gasteiger partial charge < -0.3 is 19.7 Å². The van der Waals surface area contributed by atoms with Crippen LogP contribution in [0.25, 0.3) is 0 Å². The van der Waals surface area contributed by atoms with Gasteiger partial charge in [0.2, 0.25) is 5.91 Å². The Morgan fingerprint density at radius 2 is 2.13 bits per heavy atom. The Morgan fingerprint density at radius 3 is 2.83 bits per heavy atom. The van der Waals surface area contributed by atoms with Gasteiger partial charge in [0, 0.05) is 38.1 Å². The Morgan fingerprint density at radius 1 is 1.43 bits per heavy atom. The molecule has 9 heteroatoms. The highest BCUT2D eigenvalue weighted by molar-refractivity contribution is 5.76. The average molecular weight is 325 g/mol. The van der Waals surface area contributed by atoms with Crippen LogP contribution < -0.4 is 5.32 Å². The lowest BCUT2D eigenvalue weighted by atomic mass is 10.1. The third-order valence-corrected chi connectivity index (χ3v) is 4.02. The largest absolute Gasteiger partial charge is 0.483 e. The van der Waals surface area contributed by atoms with Gasteiger partial charge in [-0.3, -0.25) is 14.5 Å². The van der Waals surface area contributed by atoms with E-state index in [-0.39, 0.29) is 18.4 Å². The van der Waals surface area contributed by atoms with Gasteiger partial charge in [-0.25, -0.2) is 0 Å². The molecule has 2 saturated heterocycles. The first-order valence-electron chi connectivity index (χ1n) is 7.67. The van der Waals surface area contributed by atoms with Crippen LogP contribution in [0.1, 0.15) is 19.8 Å². The Balaban J connectivity index is 0.000000595. The highest BCUT2D eigenvalue weighted by Gasteiger charge is 2.36. The molecular formula is C14H23N5O4. The first-order valence-corrected chi connectivity index (χ1v) is 7.67. The van der Waals surface area contributed by atoms with Gasteiger partial charge >= 0.3 is 0 Å². The van der Waals surface area contributed by atoms with Crippen molar-refractivity contribution in [2.75, 3.05) is 19.7 Å². The van der Waals surface area contributed by atoms with E-state index in [0.29, 0.717) is 25.1 Å². The van der Waals surface area contributed by atoms with E-state index >= 15 is 0 Å². The number of ether oxygens (including phenoxy) is 1. The fourth-order valence-electron chi connectivity index (χ4n) is 3.01. The molecule has 3 atom stereocenters. The Bertz CT molecular complexity index is 495. The number of aromatic nitrogens is 3. The molecule has 0 aliphatic carbocycles. The third-order valence-electron chi connectivity index (χ3n) is 4.02. The average Bonchev–Trinajstić information content (AvgIpc) is 3.14. The van der Waals surface area contributed by atoms with Crippen LogP contribution in [0.5, 0.6) is 0 Å². The van der Waals surface area contributed by atoms with E-state index in [9.17, 15) is 4.79 Å². The smallest absolute Gasteiger partial charge is 0.290 e. The summed E-state index contributed by atoms with van der Waals surface area (Å²) in [5.74, 6) is 0.0949. The van der Waals surface area contributed by atoms with Crippen molar-refractivity contribution < 1.29 is 19.4 Å². The molecule has 2 aliphatic heterocycles. The summed E-state index contributed by atoms with van der Waals surface area (Å²) in [5.41, 5.74) is 0. The molecule has 9 nitrogen and oxygen atoms in total. The molecule has 2 fully saturated rings. The van der Waals surface area contributed by atoms with E-state index in [1.165, 1.54) is 0 Å². The molecule has 1 aromatic rings. The molecule has 128 valence electrons. The molecule has 1 amide bonds. The van der Waals surface area contributed by atoms with Crippen molar-refractivity contribution in [3.05, 3.63) is 12.7 Å². The van der Waals surface area contributed by atoms with Gasteiger partial charge in [0.15, 0.2) is 0 Å². The lowest BCUT2D eigenvalue weighted by molar-refractivity contribution is -0.123. The van der Waals surface area contributed by atoms with Crippen molar-refractivity contribution in [1.82, 2.24) is 25.0 Å². The number of nitrogens with one attached hydrogen (secondary N) is 1. The number of rotatable bonds is 4. The molecule has 0 unspecified atom stereocenters. The zero-order valence-corrected chi connectivity index (χ0v) is 13.2. The Kier molecular flexibility index (Phi) is 6.48. The Labute approximate surface area is 134 Å². The minimum absolute atomic E-state index is 0.0949. The molecular weight excluding hydrogens is 302 g/mol. The van der Waals surface area contributed by atoms with E-state index in [2.05, 4.69) is 27.3 Å². The van der Waals surface area contributed by atoms with Gasteiger partial charge in [0.1, 0.15) is 12.7 Å². The lowest BCUT2D eigenvalue weighted by Gasteiger charge is -2.33. The zero-order valence-electron chi connectivity index (χ0n) is 13.2. The number of carbonyl (C=O) groups is 2. The van der Waals surface area contributed by atoms with Crippen LogP contribution in [0.15, 0.2) is 12.7 Å². The maximum Gasteiger partial charge on any atom is 0.290 e. The van der Waals surface area contributed by atoms with Gasteiger partial charge in [-0.1, -0.05) is 0 Å². The van der Waals surface area contributed by atoms with Crippen molar-refractivity contribution in [2.45, 2.75) is 44.5 Å². The minimum atomic E-state index is -0.250. The van der Waals surface area contributed by atoms with Crippen molar-refractivity contribution in [2.24, 2.45) is 0 Å². The minimum Gasteiger partial charge on any atom is -0.483 e. The van der Waals surface area contributed by atoms with Crippen LogP contribution in [0.4, 0.5) is 0 Å². The summed E-state index contributed by atoms with van der Waals surface area (Å²) in [7, 11) is 0. The molecule has 0 radical (unpaired) electrons. The molecule has 0 spiro atoms. The summed E-state index contributed by atoms with van der Waals surface area (Å²) in [4.78, 5) is 22.7. The van der Waals surface area contributed by atoms with Crippen LogP contribution in [-0.4, -0.2) is 75.0 Å². The van der Waals surface area contributed by atoms with Gasteiger partial charge in [-0.2, -0.15) is 0 Å². The fourth-order valence-corrected chi connectivity index (χ4v) is 3.01. The van der Waals surface area contributed by atoms with Gasteiger partial charge in [-0.15, -0.1) is 10.2 Å². The fraction of sp³-hybridized carbons (Fsp3) is 0.714. The number of fused-ring (bicyclic) bond motifs is 1. The monoisotopic (exact) mass is 325 g/mol. The second-order valence-electron chi connectivity index (χ2n) is 5.81. The summed E-state index contributed by atoms with van der Waals surface area (Å²) < 4.78 is 7.48. The molecule has 3 rings (SSSR count). The predicted molar refractivity (Wildman–Crippen MR) is 80.7 cm³/mol. The number of amides is 1. The predicted octanol–water partition coefficient (Wildman–Crippen LogP) is -0.653. The van der Waals surface area contributed by atoms with Crippen molar-refractivity contribution >= 4 is 12.4 Å². The van der Waals surface area contributed by atoms with E-state index < -0.39 is 0 Å². The van der Waals surface area contributed by atoms with Crippen LogP contribution in [0.2, 0.25) is 0 Å². The standard InChI is InChI=1S/C13H21N5O2.CH2O2/c1-10-5-18-6-11(4-12(18)7-20-10)16-13(19)2-3-17-8-14-15-9-17;2-1-3/h8-12H,2-7H2,1H3,(H,16,19);1H,(H,2,3)/t10-,11-,12+;/m1./s1. The number of aryl methyl sites for hydroxylation is 1. The summed E-state index contributed by atoms with van der Waals surface area (Å²) >= 11 is 0. The number of morpholine rings is 1. The number of hydrogen-bond donors (Lipinski definition) is 2. The van der Waals surface area contributed by atoms with E-state index in [1.54, 1.807) is 12.7 Å². The van der Waals surface area contributed by atoms with Gasteiger partial charge in [-0.05, 0) is 13.3 Å². The van der Waals surface area contributed by atoms with Crippen LogP contribution in [0, 0.1) is 0 Å². The quantitative estimate of drug-likeness (QED) is 0.708. The highest BCUT2D eigenvalue weighted by atomic mass is 16.5. The number of hydrogen-bond acceptors (Lipinski definition) is 6. The molecule has 1 aromatic heterocycles. The second-order valence-corrected chi connectivity index (χ2v) is 5.81. The number of carbonyl (C=O) groups excluding carboxylic acids is 1. The third kappa shape index (κ3) is 5.29. The summed E-state index contributed by atoms with van der Waals surface area (Å²) in [6, 6.07) is 0.719. The van der Waals surface area contributed by atoms with Crippen LogP contribution in [0.3, 0.4) is 0 Å². The van der Waals surface area contributed by atoms with E-state index in [1.807, 2.05) is 4.57 Å². The molecule has 0 bridgehead atoms. The summed E-state index contributed by atoms with van der Waals surface area (Å²) in [5, 5.41) is 17.5. The first-order chi connectivity index (χ1) is 11.1. The van der Waals surface area contributed by atoms with Crippen LogP contribution >= 0.6 is 0 Å². The van der Waals surface area contributed by atoms with Crippen molar-refractivity contribution in [3.8, 4) is 0 Å². The molecule has 0 aromatic carbocycles. The SMILES string of the molecule is C[C@@H]1CN2C[C@H](NC(=O)CCn3cnnc3)C[C@H]2CO1.O=CO. The lowest BCUT2D eigenvalue weighted by Crippen LogP contribution is -2.45. The van der Waals surface area contributed by atoms with Crippen LogP contribution in [-0.2, 0) is 20.9 Å². The molecule has 23 heavy (non-hydrogen) atoms. The Hall–Kier alpha value is -2.00. The maximum absolute atomic E-state index is 11.9. The van der Waals surface area contributed by atoms with Crippen molar-refractivity contribution in [3.63, 3.8) is 0 Å². The van der Waals surface area contributed by atoms with E-state index in [4.69, 9.17) is 14.6 Å². The zero-order chi connectivity index (χ0) is 16.7. The normalized spacial score (nSPS) is 26.7. The van der Waals surface area contributed by atoms with Gasteiger partial charge in [0.25, 0.3) is 6.47 Å². The summed E-state index contributed by atoms with van der Waals surface area (Å²) in [6.45, 7) is 5.17. The van der Waals surface area contributed by atoms with Crippen molar-refractivity contribution in [1.29, 1.82) is 0 Å². The summed E-state index contributed by atoms with van der Waals surface area (Å²) in [6.07, 6.45) is 5.01. The second kappa shape index (κ2) is 8.59.